The van der Waals surface area contributed by atoms with E-state index in [4.69, 9.17) is 16.3 Å². The molecule has 3 rings (SSSR count). The molecule has 1 aromatic carbocycles. The minimum atomic E-state index is -0.197. The Bertz CT molecular complexity index is 663. The smallest absolute Gasteiger partial charge is 0.264 e. The van der Waals surface area contributed by atoms with Gasteiger partial charge in [0.25, 0.3) is 5.91 Å². The van der Waals surface area contributed by atoms with Crippen LogP contribution >= 0.6 is 22.9 Å². The summed E-state index contributed by atoms with van der Waals surface area (Å²) in [6, 6.07) is 5.32. The van der Waals surface area contributed by atoms with Crippen molar-refractivity contribution in [2.24, 2.45) is 0 Å². The van der Waals surface area contributed by atoms with Crippen LogP contribution in [0, 0.1) is 6.92 Å². The first kappa shape index (κ1) is 14.4. The first-order valence-corrected chi connectivity index (χ1v) is 7.98. The molecule has 0 radical (unpaired) electrons. The molecular formula is C15H15ClN2O2S. The Labute approximate surface area is 132 Å². The predicted molar refractivity (Wildman–Crippen MR) is 84.5 cm³/mol. The highest BCUT2D eigenvalue weighted by Crippen LogP contribution is 2.30. The standard InChI is InChI=1S/C15H15ClN2O2S/c1-9-7-10(16)5-6-12(9)20-8-14(19)18-15-17-11-3-2-4-13(11)21-15/h5-7H,2-4,8H2,1H3,(H,17,18,19). The maximum Gasteiger partial charge on any atom is 0.264 e. The van der Waals surface area contributed by atoms with Crippen LogP contribution in [0.2, 0.25) is 5.02 Å². The highest BCUT2D eigenvalue weighted by molar-refractivity contribution is 7.15. The Kier molecular flexibility index (Phi) is 4.12. The third-order valence-corrected chi connectivity index (χ3v) is 4.65. The summed E-state index contributed by atoms with van der Waals surface area (Å²) in [6.07, 6.45) is 3.26. The minimum Gasteiger partial charge on any atom is -0.483 e. The zero-order valence-electron chi connectivity index (χ0n) is 11.6. The molecule has 0 saturated carbocycles. The van der Waals surface area contributed by atoms with E-state index in [2.05, 4.69) is 10.3 Å². The lowest BCUT2D eigenvalue weighted by atomic mass is 10.2. The highest BCUT2D eigenvalue weighted by atomic mass is 35.5. The number of rotatable bonds is 4. The number of aryl methyl sites for hydroxylation is 3. The number of nitrogens with one attached hydrogen (secondary N) is 1. The lowest BCUT2D eigenvalue weighted by Crippen LogP contribution is -2.20. The monoisotopic (exact) mass is 322 g/mol. The predicted octanol–water partition coefficient (Wildman–Crippen LogP) is 3.61. The van der Waals surface area contributed by atoms with Gasteiger partial charge in [-0.2, -0.15) is 0 Å². The fourth-order valence-corrected chi connectivity index (χ4v) is 3.61. The molecule has 0 atom stereocenters. The molecule has 6 heteroatoms. The highest BCUT2D eigenvalue weighted by Gasteiger charge is 2.17. The Balaban J connectivity index is 1.56. The van der Waals surface area contributed by atoms with Crippen molar-refractivity contribution in [3.05, 3.63) is 39.4 Å². The summed E-state index contributed by atoms with van der Waals surface area (Å²) in [7, 11) is 0. The molecule has 1 amide bonds. The van der Waals surface area contributed by atoms with Crippen LogP contribution in [0.25, 0.3) is 0 Å². The van der Waals surface area contributed by atoms with E-state index in [9.17, 15) is 4.79 Å². The first-order chi connectivity index (χ1) is 10.1. The number of anilines is 1. The van der Waals surface area contributed by atoms with Crippen LogP contribution in [0.15, 0.2) is 18.2 Å². The number of benzene rings is 1. The molecule has 0 aliphatic heterocycles. The number of amides is 1. The second-order valence-electron chi connectivity index (χ2n) is 4.99. The number of nitrogens with zero attached hydrogens (tertiary/aromatic N) is 1. The zero-order chi connectivity index (χ0) is 14.8. The SMILES string of the molecule is Cc1cc(Cl)ccc1OCC(=O)Nc1nc2c(s1)CCC2. The van der Waals surface area contributed by atoms with E-state index < -0.39 is 0 Å². The minimum absolute atomic E-state index is 0.0350. The fraction of sp³-hybridized carbons (Fsp3) is 0.333. The van der Waals surface area contributed by atoms with E-state index in [-0.39, 0.29) is 12.5 Å². The van der Waals surface area contributed by atoms with Gasteiger partial charge >= 0.3 is 0 Å². The molecule has 0 fully saturated rings. The second-order valence-corrected chi connectivity index (χ2v) is 6.51. The van der Waals surface area contributed by atoms with Crippen LogP contribution in [0.4, 0.5) is 5.13 Å². The molecule has 0 unspecified atom stereocenters. The molecule has 0 spiro atoms. The van der Waals surface area contributed by atoms with Crippen LogP contribution in [0.3, 0.4) is 0 Å². The van der Waals surface area contributed by atoms with Crippen molar-refractivity contribution in [3.63, 3.8) is 0 Å². The van der Waals surface area contributed by atoms with E-state index in [0.717, 1.165) is 24.1 Å². The zero-order valence-corrected chi connectivity index (χ0v) is 13.2. The lowest BCUT2D eigenvalue weighted by Gasteiger charge is -2.08. The van der Waals surface area contributed by atoms with Crippen molar-refractivity contribution in [2.45, 2.75) is 26.2 Å². The van der Waals surface area contributed by atoms with Crippen LogP contribution < -0.4 is 10.1 Å². The number of fused-ring (bicyclic) bond motifs is 1. The van der Waals surface area contributed by atoms with E-state index in [1.165, 1.54) is 11.3 Å². The van der Waals surface area contributed by atoms with Crippen molar-refractivity contribution < 1.29 is 9.53 Å². The van der Waals surface area contributed by atoms with E-state index in [0.29, 0.717) is 15.9 Å². The normalized spacial score (nSPS) is 13.0. The van der Waals surface area contributed by atoms with Crippen LogP contribution in [0.1, 0.15) is 22.6 Å². The van der Waals surface area contributed by atoms with Gasteiger partial charge in [-0.25, -0.2) is 4.98 Å². The molecule has 4 nitrogen and oxygen atoms in total. The van der Waals surface area contributed by atoms with Crippen molar-refractivity contribution in [3.8, 4) is 5.75 Å². The van der Waals surface area contributed by atoms with Gasteiger partial charge < -0.3 is 4.74 Å². The number of halogens is 1. The number of thiazole rings is 1. The van der Waals surface area contributed by atoms with E-state index in [1.807, 2.05) is 6.92 Å². The molecule has 2 aromatic rings. The number of carbonyl (C=O) groups is 1. The van der Waals surface area contributed by atoms with Crippen molar-refractivity contribution in [1.29, 1.82) is 0 Å². The van der Waals surface area contributed by atoms with Gasteiger partial charge in [-0.15, -0.1) is 11.3 Å². The average Bonchev–Trinajstić information content (AvgIpc) is 2.98. The van der Waals surface area contributed by atoms with Gasteiger partial charge in [0.05, 0.1) is 5.69 Å². The molecule has 0 bridgehead atoms. The Hall–Kier alpha value is -1.59. The maximum atomic E-state index is 11.9. The number of hydrogen-bond donors (Lipinski definition) is 1. The molecule has 1 aliphatic carbocycles. The van der Waals surface area contributed by atoms with Gasteiger partial charge in [-0.3, -0.25) is 10.1 Å². The molecule has 1 N–H and O–H groups in total. The summed E-state index contributed by atoms with van der Waals surface area (Å²) >= 11 is 7.44. The summed E-state index contributed by atoms with van der Waals surface area (Å²) in [4.78, 5) is 17.6. The molecular weight excluding hydrogens is 308 g/mol. The van der Waals surface area contributed by atoms with Crippen LogP contribution in [-0.4, -0.2) is 17.5 Å². The Morgan fingerprint density at radius 2 is 2.33 bits per heavy atom. The maximum absolute atomic E-state index is 11.9. The number of hydrogen-bond acceptors (Lipinski definition) is 4. The van der Waals surface area contributed by atoms with Gasteiger partial charge in [0.2, 0.25) is 0 Å². The van der Waals surface area contributed by atoms with E-state index in [1.54, 1.807) is 29.5 Å². The first-order valence-electron chi connectivity index (χ1n) is 6.79. The van der Waals surface area contributed by atoms with Crippen molar-refractivity contribution in [1.82, 2.24) is 4.98 Å². The third kappa shape index (κ3) is 3.36. The Morgan fingerprint density at radius 1 is 1.48 bits per heavy atom. The third-order valence-electron chi connectivity index (χ3n) is 3.34. The second kappa shape index (κ2) is 6.03. The van der Waals surface area contributed by atoms with Crippen LogP contribution in [-0.2, 0) is 17.6 Å². The van der Waals surface area contributed by atoms with Gasteiger partial charge in [-0.05, 0) is 49.9 Å². The topological polar surface area (TPSA) is 51.2 Å². The molecule has 1 heterocycles. The Morgan fingerprint density at radius 3 is 3.10 bits per heavy atom. The molecule has 0 saturated heterocycles. The number of carbonyl (C=O) groups excluding carboxylic acids is 1. The molecule has 21 heavy (non-hydrogen) atoms. The lowest BCUT2D eigenvalue weighted by molar-refractivity contribution is -0.118. The molecule has 1 aliphatic rings. The summed E-state index contributed by atoms with van der Waals surface area (Å²) in [5.74, 6) is 0.466. The van der Waals surface area contributed by atoms with Crippen LogP contribution in [0.5, 0.6) is 5.75 Å². The summed E-state index contributed by atoms with van der Waals surface area (Å²) in [5, 5.41) is 4.11. The summed E-state index contributed by atoms with van der Waals surface area (Å²) in [6.45, 7) is 1.86. The largest absolute Gasteiger partial charge is 0.483 e. The molecule has 110 valence electrons. The van der Waals surface area contributed by atoms with Gasteiger partial charge in [0, 0.05) is 9.90 Å². The van der Waals surface area contributed by atoms with Gasteiger partial charge in [0.15, 0.2) is 11.7 Å². The van der Waals surface area contributed by atoms with Gasteiger partial charge in [0.1, 0.15) is 5.75 Å². The van der Waals surface area contributed by atoms with Gasteiger partial charge in [-0.1, -0.05) is 11.6 Å². The fourth-order valence-electron chi connectivity index (χ4n) is 2.32. The summed E-state index contributed by atoms with van der Waals surface area (Å²) in [5.41, 5.74) is 2.04. The van der Waals surface area contributed by atoms with E-state index >= 15 is 0 Å². The van der Waals surface area contributed by atoms with Crippen molar-refractivity contribution >= 4 is 34.0 Å². The molecule has 1 aromatic heterocycles. The quantitative estimate of drug-likeness (QED) is 0.935. The average molecular weight is 323 g/mol. The van der Waals surface area contributed by atoms with Crippen molar-refractivity contribution in [2.75, 3.05) is 11.9 Å². The number of ether oxygens (including phenoxy) is 1. The summed E-state index contributed by atoms with van der Waals surface area (Å²) < 4.78 is 5.51. The number of aromatic nitrogens is 1.